The van der Waals surface area contributed by atoms with Crippen molar-refractivity contribution in [1.29, 1.82) is 0 Å². The Labute approximate surface area is 181 Å². The number of aromatic nitrogens is 2. The second-order valence-electron chi connectivity index (χ2n) is 8.18. The lowest BCUT2D eigenvalue weighted by molar-refractivity contribution is -0.122. The molecular formula is C23H27FN6O. The number of rotatable bonds is 7. The van der Waals surface area contributed by atoms with Gasteiger partial charge in [-0.05, 0) is 49.3 Å². The van der Waals surface area contributed by atoms with Crippen molar-refractivity contribution in [2.75, 3.05) is 30.8 Å². The van der Waals surface area contributed by atoms with Crippen LogP contribution in [0, 0.1) is 23.1 Å². The molecule has 7 nitrogen and oxygen atoms in total. The molecule has 162 valence electrons. The fourth-order valence-corrected chi connectivity index (χ4v) is 3.75. The van der Waals surface area contributed by atoms with Gasteiger partial charge in [-0.25, -0.2) is 9.37 Å². The van der Waals surface area contributed by atoms with E-state index in [4.69, 9.17) is 0 Å². The molecule has 2 aromatic rings. The quantitative estimate of drug-likeness (QED) is 0.405. The zero-order valence-corrected chi connectivity index (χ0v) is 17.6. The van der Waals surface area contributed by atoms with Gasteiger partial charge in [-0.3, -0.25) is 4.79 Å². The molecule has 1 saturated carbocycles. The Kier molecular flexibility index (Phi) is 6.33. The van der Waals surface area contributed by atoms with Crippen LogP contribution in [0.3, 0.4) is 0 Å². The summed E-state index contributed by atoms with van der Waals surface area (Å²) in [5.74, 6) is 6.91. The van der Waals surface area contributed by atoms with Crippen LogP contribution in [-0.4, -0.2) is 42.1 Å². The van der Waals surface area contributed by atoms with Gasteiger partial charge in [0.2, 0.25) is 11.9 Å². The first-order valence-electron chi connectivity index (χ1n) is 10.6. The summed E-state index contributed by atoms with van der Waals surface area (Å²) in [6.45, 7) is 1.59. The van der Waals surface area contributed by atoms with Gasteiger partial charge in [0.05, 0.1) is 17.8 Å². The molecule has 1 aromatic carbocycles. The summed E-state index contributed by atoms with van der Waals surface area (Å²) in [5, 5.41) is 12.3. The summed E-state index contributed by atoms with van der Waals surface area (Å²) < 4.78 is 13.3. The molecule has 2 aliphatic rings. The summed E-state index contributed by atoms with van der Waals surface area (Å²) in [6.07, 6.45) is 6.55. The number of halogens is 1. The first-order valence-corrected chi connectivity index (χ1v) is 10.6. The standard InChI is InChI=1S/C23H27FN6O/c1-25-20-16(14-27-22(30-20)29-18-8-5-7-17(24)12-18)6-3-2-4-11-26-21(31)19-13-23(9-10-23)15-28-19/h5,7-8,12,14,19,28H,2,4,9-11,13,15H2,1H3,(H,26,31)(H2,25,27,29,30). The second kappa shape index (κ2) is 9.31. The van der Waals surface area contributed by atoms with Crippen LogP contribution in [0.25, 0.3) is 0 Å². The minimum absolute atomic E-state index is 0.0385. The number of carbonyl (C=O) groups excluding carboxylic acids is 1. The van der Waals surface area contributed by atoms with Crippen molar-refractivity contribution in [1.82, 2.24) is 20.6 Å². The summed E-state index contributed by atoms with van der Waals surface area (Å²) in [4.78, 5) is 20.9. The van der Waals surface area contributed by atoms with Crippen LogP contribution in [0.15, 0.2) is 30.5 Å². The Balaban J connectivity index is 1.24. The molecule has 1 spiro atoms. The highest BCUT2D eigenvalue weighted by atomic mass is 19.1. The molecule has 2 heterocycles. The number of hydrogen-bond acceptors (Lipinski definition) is 6. The average molecular weight is 423 g/mol. The van der Waals surface area contributed by atoms with Crippen molar-refractivity contribution in [3.8, 4) is 11.8 Å². The van der Waals surface area contributed by atoms with Crippen molar-refractivity contribution in [2.45, 2.75) is 38.1 Å². The molecule has 0 bridgehead atoms. The van der Waals surface area contributed by atoms with Crippen molar-refractivity contribution >= 4 is 23.4 Å². The molecule has 4 N–H and O–H groups in total. The summed E-state index contributed by atoms with van der Waals surface area (Å²) in [7, 11) is 1.76. The fraction of sp³-hybridized carbons (Fsp3) is 0.435. The van der Waals surface area contributed by atoms with Crippen LogP contribution in [0.5, 0.6) is 0 Å². The summed E-state index contributed by atoms with van der Waals surface area (Å²) in [6, 6.07) is 6.08. The van der Waals surface area contributed by atoms with Crippen LogP contribution in [-0.2, 0) is 4.79 Å². The lowest BCUT2D eigenvalue weighted by atomic mass is 10.0. The highest BCUT2D eigenvalue weighted by Gasteiger charge is 2.49. The maximum absolute atomic E-state index is 13.3. The van der Waals surface area contributed by atoms with Gasteiger partial charge in [-0.1, -0.05) is 17.9 Å². The topological polar surface area (TPSA) is 91.0 Å². The van der Waals surface area contributed by atoms with E-state index in [-0.39, 0.29) is 17.8 Å². The first kappa shape index (κ1) is 21.1. The number of anilines is 3. The maximum Gasteiger partial charge on any atom is 0.237 e. The molecule has 4 rings (SSSR count). The van der Waals surface area contributed by atoms with E-state index in [0.29, 0.717) is 41.4 Å². The zero-order valence-electron chi connectivity index (χ0n) is 17.6. The number of benzene rings is 1. The molecule has 1 aromatic heterocycles. The van der Waals surface area contributed by atoms with E-state index < -0.39 is 0 Å². The number of hydrogen-bond donors (Lipinski definition) is 4. The van der Waals surface area contributed by atoms with Crippen LogP contribution < -0.4 is 21.3 Å². The smallest absolute Gasteiger partial charge is 0.237 e. The normalized spacial score (nSPS) is 18.2. The van der Waals surface area contributed by atoms with Gasteiger partial charge < -0.3 is 21.3 Å². The Hall–Kier alpha value is -3.18. The van der Waals surface area contributed by atoms with E-state index in [2.05, 4.69) is 43.1 Å². The van der Waals surface area contributed by atoms with Gasteiger partial charge in [0.25, 0.3) is 0 Å². The highest BCUT2D eigenvalue weighted by molar-refractivity contribution is 5.82. The molecule has 0 radical (unpaired) electrons. The predicted octanol–water partition coefficient (Wildman–Crippen LogP) is 2.79. The largest absolute Gasteiger partial charge is 0.372 e. The molecule has 1 aliphatic carbocycles. The van der Waals surface area contributed by atoms with Gasteiger partial charge in [0.15, 0.2) is 0 Å². The molecule has 1 amide bonds. The third-order valence-electron chi connectivity index (χ3n) is 5.74. The van der Waals surface area contributed by atoms with Gasteiger partial charge in [0, 0.05) is 32.2 Å². The zero-order chi connectivity index (χ0) is 21.7. The molecule has 1 saturated heterocycles. The fourth-order valence-electron chi connectivity index (χ4n) is 3.75. The molecule has 1 unspecified atom stereocenters. The molecule has 1 aliphatic heterocycles. The Morgan fingerprint density at radius 1 is 1.39 bits per heavy atom. The van der Waals surface area contributed by atoms with Crippen molar-refractivity contribution in [3.05, 3.63) is 41.8 Å². The van der Waals surface area contributed by atoms with E-state index >= 15 is 0 Å². The number of nitrogens with one attached hydrogen (secondary N) is 4. The number of unbranched alkanes of at least 4 members (excludes halogenated alkanes) is 1. The van der Waals surface area contributed by atoms with Crippen molar-refractivity contribution in [3.63, 3.8) is 0 Å². The SMILES string of the molecule is CNc1nc(Nc2cccc(F)c2)ncc1C#CCCCNC(=O)C1CC2(CC2)CN1. The van der Waals surface area contributed by atoms with Crippen molar-refractivity contribution < 1.29 is 9.18 Å². The van der Waals surface area contributed by atoms with E-state index in [1.807, 2.05) is 0 Å². The van der Waals surface area contributed by atoms with Crippen LogP contribution in [0.1, 0.15) is 37.7 Å². The summed E-state index contributed by atoms with van der Waals surface area (Å²) in [5.41, 5.74) is 1.67. The van der Waals surface area contributed by atoms with E-state index in [1.54, 1.807) is 25.4 Å². The summed E-state index contributed by atoms with van der Waals surface area (Å²) >= 11 is 0. The van der Waals surface area contributed by atoms with Crippen LogP contribution >= 0.6 is 0 Å². The van der Waals surface area contributed by atoms with E-state index in [1.165, 1.54) is 25.0 Å². The predicted molar refractivity (Wildman–Crippen MR) is 118 cm³/mol. The Bertz CT molecular complexity index is 1010. The van der Waals surface area contributed by atoms with Crippen molar-refractivity contribution in [2.24, 2.45) is 5.41 Å². The number of carbonyl (C=O) groups is 1. The van der Waals surface area contributed by atoms with Gasteiger partial charge in [-0.2, -0.15) is 4.98 Å². The maximum atomic E-state index is 13.3. The first-order chi connectivity index (χ1) is 15.1. The number of nitrogens with zero attached hydrogens (tertiary/aromatic N) is 2. The van der Waals surface area contributed by atoms with E-state index in [0.717, 1.165) is 19.4 Å². The number of amides is 1. The lowest BCUT2D eigenvalue weighted by Crippen LogP contribution is -2.40. The van der Waals surface area contributed by atoms with E-state index in [9.17, 15) is 9.18 Å². The molecule has 31 heavy (non-hydrogen) atoms. The Morgan fingerprint density at radius 3 is 3.00 bits per heavy atom. The van der Waals surface area contributed by atoms with Crippen LogP contribution in [0.4, 0.5) is 21.8 Å². The average Bonchev–Trinajstić information content (AvgIpc) is 3.39. The van der Waals surface area contributed by atoms with Gasteiger partial charge in [0.1, 0.15) is 11.6 Å². The highest BCUT2D eigenvalue weighted by Crippen LogP contribution is 2.51. The third-order valence-corrected chi connectivity index (χ3v) is 5.74. The molecular weight excluding hydrogens is 395 g/mol. The van der Waals surface area contributed by atoms with Gasteiger partial charge in [-0.15, -0.1) is 0 Å². The monoisotopic (exact) mass is 422 g/mol. The van der Waals surface area contributed by atoms with Crippen LogP contribution in [0.2, 0.25) is 0 Å². The minimum Gasteiger partial charge on any atom is -0.372 e. The molecule has 2 fully saturated rings. The third kappa shape index (κ3) is 5.50. The lowest BCUT2D eigenvalue weighted by Gasteiger charge is -2.10. The van der Waals surface area contributed by atoms with Gasteiger partial charge >= 0.3 is 0 Å². The molecule has 8 heteroatoms. The second-order valence-corrected chi connectivity index (χ2v) is 8.18. The molecule has 1 atom stereocenters. The Morgan fingerprint density at radius 2 is 2.26 bits per heavy atom. The minimum atomic E-state index is -0.330.